The van der Waals surface area contributed by atoms with Gasteiger partial charge in [0.2, 0.25) is 5.13 Å². The number of aromatic nitrogens is 2. The first-order chi connectivity index (χ1) is 5.44. The Morgan fingerprint density at radius 2 is 2.00 bits per heavy atom. The number of hydrogen-bond acceptors (Lipinski definition) is 4. The third kappa shape index (κ3) is 1.75. The summed E-state index contributed by atoms with van der Waals surface area (Å²) in [6, 6.07) is 0. The predicted molar refractivity (Wildman–Crippen MR) is 43.7 cm³/mol. The number of hydrogen-bond donors (Lipinski definition) is 1. The van der Waals surface area contributed by atoms with E-state index in [2.05, 4.69) is 10.2 Å². The van der Waals surface area contributed by atoms with Gasteiger partial charge >= 0.3 is 5.92 Å². The number of halogens is 4. The molecule has 0 aliphatic heterocycles. The number of rotatable bonds is 2. The Kier molecular flexibility index (Phi) is 2.70. The minimum Gasteiger partial charge on any atom is -0.374 e. The van der Waals surface area contributed by atoms with Gasteiger partial charge in [0.25, 0.3) is 0 Å². The average molecular weight is 234 g/mol. The number of nitrogens with zero attached hydrogens (tertiary/aromatic N) is 2. The van der Waals surface area contributed by atoms with Crippen LogP contribution in [0.1, 0.15) is 5.01 Å². The van der Waals surface area contributed by atoms with Crippen LogP contribution >= 0.6 is 34.5 Å². The van der Waals surface area contributed by atoms with E-state index in [1.54, 1.807) is 0 Å². The molecule has 0 amide bonds. The normalized spacial score (nSPS) is 12.4. The van der Waals surface area contributed by atoms with E-state index in [1.807, 2.05) is 0 Å². The Bertz CT molecular complexity index is 277. The van der Waals surface area contributed by atoms with E-state index in [9.17, 15) is 8.78 Å². The van der Waals surface area contributed by atoms with Crippen molar-refractivity contribution in [1.29, 1.82) is 0 Å². The van der Waals surface area contributed by atoms with Gasteiger partial charge in [0.05, 0.1) is 0 Å². The highest BCUT2D eigenvalue weighted by Gasteiger charge is 2.43. The van der Waals surface area contributed by atoms with E-state index in [4.69, 9.17) is 28.9 Å². The smallest absolute Gasteiger partial charge is 0.330 e. The third-order valence-corrected chi connectivity index (χ3v) is 2.39. The van der Waals surface area contributed by atoms with Crippen LogP contribution in [-0.4, -0.2) is 15.0 Å². The maximum atomic E-state index is 12.9. The van der Waals surface area contributed by atoms with Crippen LogP contribution in [0.15, 0.2) is 0 Å². The average Bonchev–Trinajstić information content (AvgIpc) is 2.35. The minimum atomic E-state index is -3.39. The Labute approximate surface area is 80.5 Å². The molecule has 1 rings (SSSR count). The molecule has 0 spiro atoms. The van der Waals surface area contributed by atoms with Gasteiger partial charge in [-0.25, -0.2) is 0 Å². The summed E-state index contributed by atoms with van der Waals surface area (Å²) >= 11 is 10.6. The van der Waals surface area contributed by atoms with Gasteiger partial charge in [-0.3, -0.25) is 0 Å². The first kappa shape index (κ1) is 9.88. The quantitative estimate of drug-likeness (QED) is 0.796. The zero-order chi connectivity index (χ0) is 9.35. The van der Waals surface area contributed by atoms with E-state index in [0.717, 1.165) is 0 Å². The Morgan fingerprint density at radius 3 is 2.33 bits per heavy atom. The number of nitrogen functional groups attached to an aromatic ring is 1. The van der Waals surface area contributed by atoms with Crippen LogP contribution in [0.25, 0.3) is 0 Å². The molecule has 1 aromatic rings. The second-order valence-electron chi connectivity index (χ2n) is 1.87. The van der Waals surface area contributed by atoms with Crippen molar-refractivity contribution >= 4 is 39.7 Å². The van der Waals surface area contributed by atoms with Gasteiger partial charge in [-0.15, -0.1) is 10.2 Å². The fourth-order valence-electron chi connectivity index (χ4n) is 0.463. The molecule has 0 aromatic carbocycles. The van der Waals surface area contributed by atoms with Crippen molar-refractivity contribution in [2.45, 2.75) is 10.8 Å². The fourth-order valence-corrected chi connectivity index (χ4v) is 1.41. The van der Waals surface area contributed by atoms with Crippen LogP contribution in [0.5, 0.6) is 0 Å². The molecule has 0 atom stereocenters. The Morgan fingerprint density at radius 1 is 1.42 bits per heavy atom. The molecule has 0 aliphatic rings. The zero-order valence-corrected chi connectivity index (χ0v) is 7.80. The SMILES string of the molecule is Nc1nnc(C(F)(F)C(Cl)Cl)s1. The lowest BCUT2D eigenvalue weighted by Crippen LogP contribution is -2.21. The molecule has 68 valence electrons. The third-order valence-electron chi connectivity index (χ3n) is 1.000. The summed E-state index contributed by atoms with van der Waals surface area (Å²) in [6.45, 7) is 0. The standard InChI is InChI=1S/C4H3Cl2F2N3S/c5-1(6)4(7,8)2-10-11-3(9)12-2/h1H,(H2,9,11). The van der Waals surface area contributed by atoms with Crippen LogP contribution in [0, 0.1) is 0 Å². The molecule has 0 radical (unpaired) electrons. The van der Waals surface area contributed by atoms with Crippen molar-refractivity contribution in [2.75, 3.05) is 5.73 Å². The highest BCUT2D eigenvalue weighted by molar-refractivity contribution is 7.15. The lowest BCUT2D eigenvalue weighted by atomic mass is 10.4. The van der Waals surface area contributed by atoms with Gasteiger partial charge in [0.1, 0.15) is 0 Å². The number of anilines is 1. The molecule has 0 aliphatic carbocycles. The van der Waals surface area contributed by atoms with E-state index in [0.29, 0.717) is 11.3 Å². The summed E-state index contributed by atoms with van der Waals surface area (Å²) in [5.41, 5.74) is 5.10. The fraction of sp³-hybridized carbons (Fsp3) is 0.500. The van der Waals surface area contributed by atoms with Crippen LogP contribution in [-0.2, 0) is 5.92 Å². The van der Waals surface area contributed by atoms with Crippen LogP contribution in [0.2, 0.25) is 0 Å². The van der Waals surface area contributed by atoms with Gasteiger partial charge in [-0.2, -0.15) is 8.78 Å². The van der Waals surface area contributed by atoms with Crippen LogP contribution in [0.4, 0.5) is 13.9 Å². The molecule has 3 nitrogen and oxygen atoms in total. The molecule has 2 N–H and O–H groups in total. The highest BCUT2D eigenvalue weighted by Crippen LogP contribution is 2.38. The van der Waals surface area contributed by atoms with E-state index in [1.165, 1.54) is 0 Å². The molecular weight excluding hydrogens is 231 g/mol. The molecular formula is C4H3Cl2F2N3S. The van der Waals surface area contributed by atoms with E-state index in [-0.39, 0.29) is 5.13 Å². The number of alkyl halides is 4. The zero-order valence-electron chi connectivity index (χ0n) is 5.47. The minimum absolute atomic E-state index is 0.0429. The van der Waals surface area contributed by atoms with Gasteiger partial charge in [-0.1, -0.05) is 34.5 Å². The van der Waals surface area contributed by atoms with Gasteiger partial charge < -0.3 is 5.73 Å². The summed E-state index contributed by atoms with van der Waals surface area (Å²) in [6.07, 6.45) is 0. The van der Waals surface area contributed by atoms with Crippen LogP contribution < -0.4 is 5.73 Å². The second-order valence-corrected chi connectivity index (χ2v) is 3.97. The maximum Gasteiger partial charge on any atom is 0.330 e. The topological polar surface area (TPSA) is 51.8 Å². The summed E-state index contributed by atoms with van der Waals surface area (Å²) in [4.78, 5) is -1.84. The molecule has 1 heterocycles. The molecule has 0 bridgehead atoms. The first-order valence-corrected chi connectivity index (χ1v) is 4.39. The Balaban J connectivity index is 2.97. The molecule has 8 heteroatoms. The molecule has 0 saturated heterocycles. The maximum absolute atomic E-state index is 12.9. The second kappa shape index (κ2) is 3.27. The predicted octanol–water partition coefficient (Wildman–Crippen LogP) is 2.02. The van der Waals surface area contributed by atoms with Crippen molar-refractivity contribution in [3.8, 4) is 0 Å². The van der Waals surface area contributed by atoms with Crippen molar-refractivity contribution in [3.63, 3.8) is 0 Å². The van der Waals surface area contributed by atoms with Crippen molar-refractivity contribution in [2.24, 2.45) is 0 Å². The van der Waals surface area contributed by atoms with E-state index >= 15 is 0 Å². The van der Waals surface area contributed by atoms with Crippen molar-refractivity contribution < 1.29 is 8.78 Å². The summed E-state index contributed by atoms with van der Waals surface area (Å²) < 4.78 is 25.8. The lowest BCUT2D eigenvalue weighted by Gasteiger charge is -2.12. The van der Waals surface area contributed by atoms with Crippen molar-refractivity contribution in [3.05, 3.63) is 5.01 Å². The Hall–Kier alpha value is -0.200. The number of nitrogens with two attached hydrogens (primary N) is 1. The summed E-state index contributed by atoms with van der Waals surface area (Å²) in [7, 11) is 0. The lowest BCUT2D eigenvalue weighted by molar-refractivity contribution is 0.00996. The summed E-state index contributed by atoms with van der Waals surface area (Å²) in [5.74, 6) is -3.39. The molecule has 12 heavy (non-hydrogen) atoms. The van der Waals surface area contributed by atoms with Gasteiger partial charge in [0.15, 0.2) is 9.84 Å². The molecule has 0 unspecified atom stereocenters. The summed E-state index contributed by atoms with van der Waals surface area (Å²) in [5, 5.41) is 5.73. The largest absolute Gasteiger partial charge is 0.374 e. The highest BCUT2D eigenvalue weighted by atomic mass is 35.5. The van der Waals surface area contributed by atoms with Crippen molar-refractivity contribution in [1.82, 2.24) is 10.2 Å². The first-order valence-electron chi connectivity index (χ1n) is 2.70. The van der Waals surface area contributed by atoms with Crippen LogP contribution in [0.3, 0.4) is 0 Å². The van der Waals surface area contributed by atoms with Gasteiger partial charge in [0, 0.05) is 0 Å². The molecule has 1 aromatic heterocycles. The van der Waals surface area contributed by atoms with Gasteiger partial charge in [-0.05, 0) is 0 Å². The molecule has 0 saturated carbocycles. The van der Waals surface area contributed by atoms with E-state index < -0.39 is 15.8 Å². The monoisotopic (exact) mass is 233 g/mol. The molecule has 0 fully saturated rings.